The van der Waals surface area contributed by atoms with Crippen molar-refractivity contribution in [2.24, 2.45) is 0 Å². The fourth-order valence-corrected chi connectivity index (χ4v) is 2.59. The van der Waals surface area contributed by atoms with Crippen LogP contribution in [0.2, 0.25) is 0 Å². The number of ether oxygens (including phenoxy) is 1. The van der Waals surface area contributed by atoms with Gasteiger partial charge >= 0.3 is 0 Å². The van der Waals surface area contributed by atoms with Gasteiger partial charge in [-0.2, -0.15) is 0 Å². The van der Waals surface area contributed by atoms with Crippen molar-refractivity contribution in [3.63, 3.8) is 0 Å². The van der Waals surface area contributed by atoms with Gasteiger partial charge in [0.25, 0.3) is 11.8 Å². The summed E-state index contributed by atoms with van der Waals surface area (Å²) in [6, 6.07) is 1.52. The Hall–Kier alpha value is -2.22. The van der Waals surface area contributed by atoms with E-state index in [-0.39, 0.29) is 11.6 Å². The Bertz CT molecular complexity index is 553. The van der Waals surface area contributed by atoms with E-state index < -0.39 is 12.0 Å². The number of hydrogen-bond donors (Lipinski definition) is 2. The van der Waals surface area contributed by atoms with Crippen molar-refractivity contribution in [3.05, 3.63) is 18.0 Å². The number of carbonyl (C=O) groups excluding carboxylic acids is 2. The van der Waals surface area contributed by atoms with Crippen molar-refractivity contribution in [2.75, 3.05) is 24.6 Å². The third kappa shape index (κ3) is 3.33. The van der Waals surface area contributed by atoms with Gasteiger partial charge in [-0.1, -0.05) is 0 Å². The van der Waals surface area contributed by atoms with Crippen molar-refractivity contribution in [2.45, 2.75) is 31.8 Å². The van der Waals surface area contributed by atoms with Crippen molar-refractivity contribution >= 4 is 17.8 Å². The number of carbonyl (C=O) groups is 2. The predicted molar refractivity (Wildman–Crippen MR) is 78.1 cm³/mol. The molecular weight excluding hydrogens is 286 g/mol. The van der Waals surface area contributed by atoms with Crippen LogP contribution in [0, 0.1) is 0 Å². The van der Waals surface area contributed by atoms with Gasteiger partial charge in [0.2, 0.25) is 5.95 Å². The predicted octanol–water partition coefficient (Wildman–Crippen LogP) is 0.0168. The molecule has 0 radical (unpaired) electrons. The van der Waals surface area contributed by atoms with E-state index in [1.165, 1.54) is 6.07 Å². The summed E-state index contributed by atoms with van der Waals surface area (Å²) in [7, 11) is 0. The Labute approximate surface area is 128 Å². The van der Waals surface area contributed by atoms with Gasteiger partial charge in [-0.25, -0.2) is 9.97 Å². The van der Waals surface area contributed by atoms with Gasteiger partial charge in [-0.3, -0.25) is 20.4 Å². The third-order valence-electron chi connectivity index (χ3n) is 3.79. The second kappa shape index (κ2) is 6.69. The Kier molecular flexibility index (Phi) is 4.47. The van der Waals surface area contributed by atoms with Gasteiger partial charge in [-0.05, 0) is 31.7 Å². The van der Waals surface area contributed by atoms with E-state index in [0.717, 1.165) is 32.4 Å². The van der Waals surface area contributed by atoms with Crippen molar-refractivity contribution < 1.29 is 14.3 Å². The number of rotatable bonds is 3. The van der Waals surface area contributed by atoms with Crippen LogP contribution >= 0.6 is 0 Å². The standard InChI is InChI=1S/C14H19N5O3/c20-12(17-18-13(21)11-4-3-9-22-11)10-5-6-15-14(16-10)19-7-1-2-8-19/h5-6,11H,1-4,7-9H2,(H,17,20)(H,18,21)/t11-/m0/s1. The highest BCUT2D eigenvalue weighted by Gasteiger charge is 2.24. The fourth-order valence-electron chi connectivity index (χ4n) is 2.59. The Morgan fingerprint density at radius 1 is 1.23 bits per heavy atom. The van der Waals surface area contributed by atoms with Crippen molar-refractivity contribution in [1.29, 1.82) is 0 Å². The smallest absolute Gasteiger partial charge is 0.288 e. The summed E-state index contributed by atoms with van der Waals surface area (Å²) < 4.78 is 5.24. The van der Waals surface area contributed by atoms with Crippen LogP contribution < -0.4 is 15.8 Å². The van der Waals surface area contributed by atoms with Crippen LogP contribution in [0.15, 0.2) is 12.3 Å². The maximum atomic E-state index is 12.1. The summed E-state index contributed by atoms with van der Waals surface area (Å²) in [5.41, 5.74) is 4.97. The number of hydrazine groups is 1. The largest absolute Gasteiger partial charge is 0.368 e. The maximum Gasteiger partial charge on any atom is 0.288 e. The molecule has 2 aliphatic heterocycles. The highest BCUT2D eigenvalue weighted by atomic mass is 16.5. The monoisotopic (exact) mass is 305 g/mol. The topological polar surface area (TPSA) is 96.5 Å². The van der Waals surface area contributed by atoms with E-state index in [4.69, 9.17) is 4.74 Å². The average Bonchev–Trinajstić information content (AvgIpc) is 3.25. The zero-order chi connectivity index (χ0) is 15.4. The molecule has 3 heterocycles. The summed E-state index contributed by atoms with van der Waals surface area (Å²) in [4.78, 5) is 34.3. The third-order valence-corrected chi connectivity index (χ3v) is 3.79. The molecule has 8 heteroatoms. The molecule has 2 saturated heterocycles. The van der Waals surface area contributed by atoms with Crippen LogP contribution in [0.25, 0.3) is 0 Å². The molecule has 2 amide bonds. The number of aromatic nitrogens is 2. The summed E-state index contributed by atoms with van der Waals surface area (Å²) in [5, 5.41) is 0. The van der Waals surface area contributed by atoms with Gasteiger partial charge < -0.3 is 9.64 Å². The van der Waals surface area contributed by atoms with Crippen LogP contribution in [-0.4, -0.2) is 47.6 Å². The lowest BCUT2D eigenvalue weighted by Crippen LogP contribution is -2.46. The second-order valence-corrected chi connectivity index (χ2v) is 5.38. The minimum Gasteiger partial charge on any atom is -0.368 e. The zero-order valence-electron chi connectivity index (χ0n) is 12.2. The first-order valence-electron chi connectivity index (χ1n) is 7.54. The van der Waals surface area contributed by atoms with Gasteiger partial charge in [0, 0.05) is 25.9 Å². The number of hydrogen-bond acceptors (Lipinski definition) is 6. The van der Waals surface area contributed by atoms with E-state index in [1.54, 1.807) is 6.20 Å². The maximum absolute atomic E-state index is 12.1. The first-order valence-corrected chi connectivity index (χ1v) is 7.54. The first kappa shape index (κ1) is 14.7. The van der Waals surface area contributed by atoms with Crippen LogP contribution in [0.5, 0.6) is 0 Å². The molecule has 0 aromatic carbocycles. The highest BCUT2D eigenvalue weighted by molar-refractivity contribution is 5.94. The Morgan fingerprint density at radius 3 is 2.77 bits per heavy atom. The number of amides is 2. The number of nitrogens with zero attached hydrogens (tertiary/aromatic N) is 3. The van der Waals surface area contributed by atoms with Crippen LogP contribution in [-0.2, 0) is 9.53 Å². The average molecular weight is 305 g/mol. The molecule has 2 N–H and O–H groups in total. The minimum atomic E-state index is -0.481. The van der Waals surface area contributed by atoms with E-state index >= 15 is 0 Å². The molecule has 8 nitrogen and oxygen atoms in total. The molecule has 1 atom stereocenters. The highest BCUT2D eigenvalue weighted by Crippen LogP contribution is 2.15. The summed E-state index contributed by atoms with van der Waals surface area (Å²) in [6.07, 6.45) is 4.82. The lowest BCUT2D eigenvalue weighted by atomic mass is 10.2. The lowest BCUT2D eigenvalue weighted by molar-refractivity contribution is -0.130. The molecule has 1 aromatic rings. The molecular formula is C14H19N5O3. The number of anilines is 1. The lowest BCUT2D eigenvalue weighted by Gasteiger charge is -2.15. The molecule has 0 spiro atoms. The normalized spacial score (nSPS) is 20.9. The van der Waals surface area contributed by atoms with Crippen LogP contribution in [0.3, 0.4) is 0 Å². The summed E-state index contributed by atoms with van der Waals surface area (Å²) in [5.74, 6) is -0.246. The first-order chi connectivity index (χ1) is 10.7. The Morgan fingerprint density at radius 2 is 2.05 bits per heavy atom. The molecule has 0 saturated carbocycles. The molecule has 0 aliphatic carbocycles. The second-order valence-electron chi connectivity index (χ2n) is 5.38. The van der Waals surface area contributed by atoms with Crippen molar-refractivity contribution in [3.8, 4) is 0 Å². The van der Waals surface area contributed by atoms with Gasteiger partial charge in [-0.15, -0.1) is 0 Å². The molecule has 1 aromatic heterocycles. The van der Waals surface area contributed by atoms with Crippen LogP contribution in [0.4, 0.5) is 5.95 Å². The molecule has 0 unspecified atom stereocenters. The Balaban J connectivity index is 1.57. The van der Waals surface area contributed by atoms with Gasteiger partial charge in [0.05, 0.1) is 0 Å². The molecule has 0 bridgehead atoms. The van der Waals surface area contributed by atoms with Gasteiger partial charge in [0.1, 0.15) is 11.8 Å². The van der Waals surface area contributed by atoms with E-state index in [1.807, 2.05) is 4.90 Å². The summed E-state index contributed by atoms with van der Waals surface area (Å²) in [6.45, 7) is 2.39. The minimum absolute atomic E-state index is 0.226. The van der Waals surface area contributed by atoms with E-state index in [2.05, 4.69) is 20.8 Å². The SMILES string of the molecule is O=C(NNC(=O)[C@@H]1CCCO1)c1ccnc(N2CCCC2)n1. The fraction of sp³-hybridized carbons (Fsp3) is 0.571. The molecule has 2 fully saturated rings. The molecule has 2 aliphatic rings. The summed E-state index contributed by atoms with van der Waals surface area (Å²) >= 11 is 0. The van der Waals surface area contributed by atoms with Crippen molar-refractivity contribution in [1.82, 2.24) is 20.8 Å². The van der Waals surface area contributed by atoms with E-state index in [0.29, 0.717) is 19.0 Å². The number of nitrogens with one attached hydrogen (secondary N) is 2. The quantitative estimate of drug-likeness (QED) is 0.764. The van der Waals surface area contributed by atoms with E-state index in [9.17, 15) is 9.59 Å². The zero-order valence-corrected chi connectivity index (χ0v) is 12.2. The van der Waals surface area contributed by atoms with Gasteiger partial charge in [0.15, 0.2) is 0 Å². The molecule has 22 heavy (non-hydrogen) atoms. The molecule has 118 valence electrons. The molecule has 3 rings (SSSR count). The van der Waals surface area contributed by atoms with Crippen LogP contribution in [0.1, 0.15) is 36.2 Å².